The molecule has 0 amide bonds. The number of ether oxygens (including phenoxy) is 1. The number of hydrogen-bond acceptors (Lipinski definition) is 5. The van der Waals surface area contributed by atoms with Crippen LogP contribution in [-0.4, -0.2) is 73.0 Å². The fourth-order valence-electron chi connectivity index (χ4n) is 3.46. The van der Waals surface area contributed by atoms with Gasteiger partial charge in [0.1, 0.15) is 0 Å². The summed E-state index contributed by atoms with van der Waals surface area (Å²) in [6.45, 7) is 6.32. The van der Waals surface area contributed by atoms with E-state index in [9.17, 15) is 13.2 Å². The predicted octanol–water partition coefficient (Wildman–Crippen LogP) is 0.586. The van der Waals surface area contributed by atoms with Gasteiger partial charge in [0.05, 0.1) is 22.5 Å². The summed E-state index contributed by atoms with van der Waals surface area (Å²) in [7, 11) is -1.95. The quantitative estimate of drug-likeness (QED) is 0.805. The lowest BCUT2D eigenvalue weighted by atomic mass is 10.1. The summed E-state index contributed by atoms with van der Waals surface area (Å²) < 4.78 is 32.7. The Kier molecular flexibility index (Phi) is 5.01. The molecule has 2 aromatic rings. The fraction of sp³-hybridized carbons (Fsp3) is 0.562. The number of methoxy groups -OCH3 is 1. The maximum atomic E-state index is 13.0. The smallest absolute Gasteiger partial charge is 0.323 e. The Morgan fingerprint density at radius 2 is 1.80 bits per heavy atom. The molecule has 0 saturated carbocycles. The molecule has 9 heteroatoms. The monoisotopic (exact) mass is 368 g/mol. The molecule has 2 atom stereocenters. The second-order valence-corrected chi connectivity index (χ2v) is 8.48. The first-order valence-corrected chi connectivity index (χ1v) is 9.74. The predicted molar refractivity (Wildman–Crippen MR) is 95.2 cm³/mol. The molecule has 1 fully saturated rings. The van der Waals surface area contributed by atoms with Gasteiger partial charge in [-0.15, -0.1) is 0 Å². The van der Waals surface area contributed by atoms with Crippen LogP contribution in [0, 0.1) is 0 Å². The zero-order valence-electron chi connectivity index (χ0n) is 14.7. The summed E-state index contributed by atoms with van der Waals surface area (Å²) in [4.78, 5) is 19.1. The van der Waals surface area contributed by atoms with E-state index in [2.05, 4.69) is 14.9 Å². The lowest BCUT2D eigenvalue weighted by molar-refractivity contribution is 0.0496. The summed E-state index contributed by atoms with van der Waals surface area (Å²) in [5, 5.41) is 0. The first-order valence-electron chi connectivity index (χ1n) is 8.30. The molecule has 0 bridgehead atoms. The second-order valence-electron chi connectivity index (χ2n) is 6.54. The maximum absolute atomic E-state index is 13.0. The molecule has 0 spiro atoms. The molecule has 1 aromatic heterocycles. The number of imidazole rings is 1. The molecular formula is C16H24N4O4S. The van der Waals surface area contributed by atoms with E-state index in [0.717, 1.165) is 6.54 Å². The first-order chi connectivity index (χ1) is 11.8. The van der Waals surface area contributed by atoms with Gasteiger partial charge in [-0.25, -0.2) is 13.2 Å². The highest BCUT2D eigenvalue weighted by Crippen LogP contribution is 2.24. The Balaban J connectivity index is 1.85. The first kappa shape index (κ1) is 18.1. The van der Waals surface area contributed by atoms with Gasteiger partial charge in [0.15, 0.2) is 0 Å². The number of piperazine rings is 1. The minimum Gasteiger partial charge on any atom is -0.383 e. The van der Waals surface area contributed by atoms with E-state index in [1.165, 1.54) is 16.4 Å². The van der Waals surface area contributed by atoms with E-state index in [1.807, 2.05) is 13.8 Å². The van der Waals surface area contributed by atoms with E-state index in [0.29, 0.717) is 30.7 Å². The van der Waals surface area contributed by atoms with Crippen LogP contribution in [0.5, 0.6) is 0 Å². The third-order valence-electron chi connectivity index (χ3n) is 4.75. The summed E-state index contributed by atoms with van der Waals surface area (Å²) in [5.74, 6) is 0. The van der Waals surface area contributed by atoms with Crippen molar-refractivity contribution in [2.45, 2.75) is 30.8 Å². The average Bonchev–Trinajstić information content (AvgIpc) is 2.93. The normalized spacial score (nSPS) is 23.3. The Labute approximate surface area is 146 Å². The third-order valence-corrected chi connectivity index (χ3v) is 6.57. The second kappa shape index (κ2) is 6.91. The van der Waals surface area contributed by atoms with Crippen LogP contribution in [0.15, 0.2) is 27.9 Å². The molecule has 0 aliphatic carbocycles. The Morgan fingerprint density at radius 3 is 2.44 bits per heavy atom. The van der Waals surface area contributed by atoms with Gasteiger partial charge in [0.25, 0.3) is 0 Å². The number of rotatable bonds is 5. The molecule has 2 unspecified atom stereocenters. The Bertz CT molecular complexity index is 892. The van der Waals surface area contributed by atoms with Crippen molar-refractivity contribution in [1.82, 2.24) is 19.2 Å². The fourth-order valence-corrected chi connectivity index (χ4v) is 5.09. The van der Waals surface area contributed by atoms with E-state index < -0.39 is 10.0 Å². The summed E-state index contributed by atoms with van der Waals surface area (Å²) in [6.07, 6.45) is 0. The lowest BCUT2D eigenvalue weighted by Gasteiger charge is -2.43. The number of H-pyrrole nitrogens is 2. The minimum atomic E-state index is -3.61. The van der Waals surface area contributed by atoms with Crippen molar-refractivity contribution in [2.24, 2.45) is 0 Å². The van der Waals surface area contributed by atoms with E-state index >= 15 is 0 Å². The molecule has 25 heavy (non-hydrogen) atoms. The van der Waals surface area contributed by atoms with Crippen LogP contribution >= 0.6 is 0 Å². The molecule has 1 aliphatic heterocycles. The van der Waals surface area contributed by atoms with Gasteiger partial charge < -0.3 is 14.7 Å². The van der Waals surface area contributed by atoms with Crippen molar-refractivity contribution in [3.63, 3.8) is 0 Å². The van der Waals surface area contributed by atoms with Crippen molar-refractivity contribution < 1.29 is 13.2 Å². The van der Waals surface area contributed by atoms with Crippen LogP contribution in [-0.2, 0) is 14.8 Å². The van der Waals surface area contributed by atoms with Gasteiger partial charge in [0.2, 0.25) is 10.0 Å². The van der Waals surface area contributed by atoms with Crippen LogP contribution in [0.3, 0.4) is 0 Å². The molecule has 0 radical (unpaired) electrons. The molecule has 1 aromatic carbocycles. The number of benzene rings is 1. The minimum absolute atomic E-state index is 0.101. The number of aromatic amines is 2. The van der Waals surface area contributed by atoms with Gasteiger partial charge in [-0.1, -0.05) is 0 Å². The number of sulfonamides is 1. The average molecular weight is 368 g/mol. The molecule has 2 N–H and O–H groups in total. The van der Waals surface area contributed by atoms with Crippen LogP contribution < -0.4 is 5.69 Å². The number of hydrogen-bond donors (Lipinski definition) is 2. The maximum Gasteiger partial charge on any atom is 0.323 e. The zero-order valence-corrected chi connectivity index (χ0v) is 15.5. The molecule has 8 nitrogen and oxygen atoms in total. The number of fused-ring (bicyclic) bond motifs is 1. The summed E-state index contributed by atoms with van der Waals surface area (Å²) in [5.41, 5.74) is 0.736. The molecule has 138 valence electrons. The van der Waals surface area contributed by atoms with Crippen LogP contribution in [0.4, 0.5) is 0 Å². The van der Waals surface area contributed by atoms with E-state index in [-0.39, 0.29) is 22.7 Å². The topological polar surface area (TPSA) is 98.5 Å². The van der Waals surface area contributed by atoms with Crippen LogP contribution in [0.25, 0.3) is 11.0 Å². The highest BCUT2D eigenvalue weighted by Gasteiger charge is 2.35. The third kappa shape index (κ3) is 3.50. The molecule has 1 aliphatic rings. The standard InChI is InChI=1S/C16H24N4O4S/c1-11-9-19(10-12(2)20(11)6-7-24-3)25(22,23)13-4-5-14-15(8-13)18-16(21)17-14/h4-5,8,11-12H,6-7,9-10H2,1-3H3,(H2,17,18,21). The summed E-state index contributed by atoms with van der Waals surface area (Å²) in [6, 6.07) is 4.86. The van der Waals surface area contributed by atoms with Crippen molar-refractivity contribution in [3.05, 3.63) is 28.7 Å². The molecule has 3 rings (SSSR count). The summed E-state index contributed by atoms with van der Waals surface area (Å²) >= 11 is 0. The number of nitrogens with zero attached hydrogens (tertiary/aromatic N) is 2. The van der Waals surface area contributed by atoms with Gasteiger partial charge in [-0.2, -0.15) is 4.31 Å². The lowest BCUT2D eigenvalue weighted by Crippen LogP contribution is -2.58. The van der Waals surface area contributed by atoms with Crippen LogP contribution in [0.2, 0.25) is 0 Å². The van der Waals surface area contributed by atoms with Crippen molar-refractivity contribution in [3.8, 4) is 0 Å². The van der Waals surface area contributed by atoms with Crippen molar-refractivity contribution in [2.75, 3.05) is 33.4 Å². The van der Waals surface area contributed by atoms with E-state index in [4.69, 9.17) is 4.74 Å². The van der Waals surface area contributed by atoms with Gasteiger partial charge in [-0.3, -0.25) is 4.90 Å². The highest BCUT2D eigenvalue weighted by atomic mass is 32.2. The van der Waals surface area contributed by atoms with Crippen molar-refractivity contribution >= 4 is 21.1 Å². The van der Waals surface area contributed by atoms with Gasteiger partial charge >= 0.3 is 5.69 Å². The number of nitrogens with one attached hydrogen (secondary N) is 2. The van der Waals surface area contributed by atoms with Gasteiger partial charge in [-0.05, 0) is 32.0 Å². The highest BCUT2D eigenvalue weighted by molar-refractivity contribution is 7.89. The Hall–Kier alpha value is -1.68. The van der Waals surface area contributed by atoms with Crippen LogP contribution in [0.1, 0.15) is 13.8 Å². The Morgan fingerprint density at radius 1 is 1.16 bits per heavy atom. The SMILES string of the molecule is COCCN1C(C)CN(S(=O)(=O)c2ccc3[nH]c(=O)[nH]c3c2)CC1C. The molecule has 1 saturated heterocycles. The van der Waals surface area contributed by atoms with Crippen molar-refractivity contribution in [1.29, 1.82) is 0 Å². The zero-order chi connectivity index (χ0) is 18.2. The molecule has 2 heterocycles. The number of aromatic nitrogens is 2. The van der Waals surface area contributed by atoms with Gasteiger partial charge in [0, 0.05) is 38.8 Å². The largest absolute Gasteiger partial charge is 0.383 e. The molecular weight excluding hydrogens is 344 g/mol. The van der Waals surface area contributed by atoms with E-state index in [1.54, 1.807) is 13.2 Å².